The van der Waals surface area contributed by atoms with Crippen LogP contribution < -0.4 is 0 Å². The van der Waals surface area contributed by atoms with E-state index < -0.39 is 5.97 Å². The van der Waals surface area contributed by atoms with Crippen molar-refractivity contribution in [2.24, 2.45) is 17.3 Å². The summed E-state index contributed by atoms with van der Waals surface area (Å²) in [4.78, 5) is 10.8. The zero-order valence-electron chi connectivity index (χ0n) is 8.13. The Labute approximate surface area is 74.0 Å². The van der Waals surface area contributed by atoms with Crippen LogP contribution in [0, 0.1) is 17.3 Å². The lowest BCUT2D eigenvalue weighted by atomic mass is 10.1. The van der Waals surface area contributed by atoms with Crippen LogP contribution in [-0.4, -0.2) is 11.1 Å². The molecule has 12 heavy (non-hydrogen) atoms. The monoisotopic (exact) mass is 170 g/mol. The summed E-state index contributed by atoms with van der Waals surface area (Å²) in [6.45, 7) is 6.27. The summed E-state index contributed by atoms with van der Waals surface area (Å²) in [6, 6.07) is 0. The molecule has 0 amide bonds. The lowest BCUT2D eigenvalue weighted by Gasteiger charge is -1.99. The van der Waals surface area contributed by atoms with Crippen molar-refractivity contribution in [1.82, 2.24) is 0 Å². The third-order valence-corrected chi connectivity index (χ3v) is 3.19. The van der Waals surface area contributed by atoms with Gasteiger partial charge in [0, 0.05) is 0 Å². The molecule has 0 spiro atoms. The lowest BCUT2D eigenvalue weighted by Crippen LogP contribution is -2.03. The summed E-state index contributed by atoms with van der Waals surface area (Å²) in [5, 5.41) is 8.86. The van der Waals surface area contributed by atoms with Crippen molar-refractivity contribution in [3.8, 4) is 0 Å². The highest BCUT2D eigenvalue weighted by Crippen LogP contribution is 2.60. The van der Waals surface area contributed by atoms with Gasteiger partial charge in [0.15, 0.2) is 0 Å². The van der Waals surface area contributed by atoms with Crippen LogP contribution in [0.5, 0.6) is 0 Å². The lowest BCUT2D eigenvalue weighted by molar-refractivity contribution is -0.139. The second-order valence-electron chi connectivity index (χ2n) is 4.39. The first-order valence-corrected chi connectivity index (χ1v) is 4.74. The average Bonchev–Trinajstić information content (AvgIpc) is 2.49. The van der Waals surface area contributed by atoms with Crippen LogP contribution in [0.2, 0.25) is 0 Å². The third kappa shape index (κ3) is 1.47. The minimum absolute atomic E-state index is 0.0566. The minimum atomic E-state index is -0.610. The van der Waals surface area contributed by atoms with Gasteiger partial charge in [0.2, 0.25) is 0 Å². The van der Waals surface area contributed by atoms with Crippen molar-refractivity contribution >= 4 is 5.97 Å². The Kier molecular flexibility index (Phi) is 2.45. The standard InChI is InChI=1S/C10H18O2/c1-4-5-6-7-8(9(11)12)10(7,2)3/h7-8H,4-6H2,1-3H3,(H,11,12)/t7-,8+/m1/s1. The molecule has 1 saturated carbocycles. The molecule has 0 saturated heterocycles. The largest absolute Gasteiger partial charge is 0.481 e. The zero-order chi connectivity index (χ0) is 9.35. The van der Waals surface area contributed by atoms with Gasteiger partial charge in [-0.25, -0.2) is 0 Å². The fourth-order valence-corrected chi connectivity index (χ4v) is 2.20. The van der Waals surface area contributed by atoms with Gasteiger partial charge < -0.3 is 5.11 Å². The van der Waals surface area contributed by atoms with Crippen molar-refractivity contribution in [3.63, 3.8) is 0 Å². The first-order chi connectivity index (χ1) is 5.51. The van der Waals surface area contributed by atoms with Crippen LogP contribution in [0.15, 0.2) is 0 Å². The molecule has 0 aromatic rings. The van der Waals surface area contributed by atoms with Crippen LogP contribution in [-0.2, 0) is 4.79 Å². The van der Waals surface area contributed by atoms with E-state index in [-0.39, 0.29) is 11.3 Å². The van der Waals surface area contributed by atoms with Gasteiger partial charge in [0.05, 0.1) is 5.92 Å². The molecule has 2 heteroatoms. The first kappa shape index (κ1) is 9.56. The molecule has 0 aromatic heterocycles. The number of carboxylic acids is 1. The van der Waals surface area contributed by atoms with E-state index in [1.165, 1.54) is 6.42 Å². The van der Waals surface area contributed by atoms with Crippen molar-refractivity contribution in [1.29, 1.82) is 0 Å². The van der Waals surface area contributed by atoms with Crippen molar-refractivity contribution in [3.05, 3.63) is 0 Å². The molecule has 0 heterocycles. The van der Waals surface area contributed by atoms with Gasteiger partial charge >= 0.3 is 5.97 Å². The van der Waals surface area contributed by atoms with Crippen LogP contribution in [0.4, 0.5) is 0 Å². The van der Waals surface area contributed by atoms with E-state index in [1.54, 1.807) is 0 Å². The Bertz CT molecular complexity index is 184. The molecular weight excluding hydrogens is 152 g/mol. The second-order valence-corrected chi connectivity index (χ2v) is 4.39. The van der Waals surface area contributed by atoms with E-state index >= 15 is 0 Å². The Morgan fingerprint density at radius 3 is 2.42 bits per heavy atom. The molecule has 1 aliphatic carbocycles. The van der Waals surface area contributed by atoms with Gasteiger partial charge in [-0.1, -0.05) is 33.6 Å². The maximum absolute atomic E-state index is 10.8. The van der Waals surface area contributed by atoms with Crippen molar-refractivity contribution in [2.75, 3.05) is 0 Å². The normalized spacial score (nSPS) is 31.6. The first-order valence-electron chi connectivity index (χ1n) is 4.74. The van der Waals surface area contributed by atoms with Crippen LogP contribution in [0.1, 0.15) is 40.0 Å². The van der Waals surface area contributed by atoms with Gasteiger partial charge in [-0.15, -0.1) is 0 Å². The molecule has 2 nitrogen and oxygen atoms in total. The van der Waals surface area contributed by atoms with E-state index in [0.29, 0.717) is 5.92 Å². The molecule has 2 atom stereocenters. The fourth-order valence-electron chi connectivity index (χ4n) is 2.20. The van der Waals surface area contributed by atoms with Crippen LogP contribution in [0.25, 0.3) is 0 Å². The van der Waals surface area contributed by atoms with Crippen LogP contribution >= 0.6 is 0 Å². The van der Waals surface area contributed by atoms with Crippen LogP contribution in [0.3, 0.4) is 0 Å². The van der Waals surface area contributed by atoms with Crippen molar-refractivity contribution in [2.45, 2.75) is 40.0 Å². The maximum atomic E-state index is 10.8. The fraction of sp³-hybridized carbons (Fsp3) is 0.900. The Morgan fingerprint density at radius 2 is 2.08 bits per heavy atom. The summed E-state index contributed by atoms with van der Waals surface area (Å²) < 4.78 is 0. The quantitative estimate of drug-likeness (QED) is 0.704. The number of hydrogen-bond donors (Lipinski definition) is 1. The summed E-state index contributed by atoms with van der Waals surface area (Å²) in [7, 11) is 0. The smallest absolute Gasteiger partial charge is 0.307 e. The number of carbonyl (C=O) groups is 1. The number of carboxylic acid groups (broad SMARTS) is 1. The van der Waals surface area contributed by atoms with Crippen molar-refractivity contribution < 1.29 is 9.90 Å². The van der Waals surface area contributed by atoms with Gasteiger partial charge in [-0.2, -0.15) is 0 Å². The molecule has 0 bridgehead atoms. The van der Waals surface area contributed by atoms with Gasteiger partial charge in [-0.05, 0) is 17.8 Å². The number of unbranched alkanes of at least 4 members (excludes halogenated alkanes) is 1. The molecule has 1 N–H and O–H groups in total. The van der Waals surface area contributed by atoms with E-state index in [4.69, 9.17) is 5.11 Å². The van der Waals surface area contributed by atoms with Gasteiger partial charge in [0.1, 0.15) is 0 Å². The Morgan fingerprint density at radius 1 is 1.50 bits per heavy atom. The molecule has 0 aliphatic heterocycles. The molecule has 1 fully saturated rings. The van der Waals surface area contributed by atoms with E-state index in [1.807, 2.05) is 0 Å². The van der Waals surface area contributed by atoms with E-state index in [0.717, 1.165) is 12.8 Å². The molecule has 0 unspecified atom stereocenters. The molecular formula is C10H18O2. The van der Waals surface area contributed by atoms with Gasteiger partial charge in [0.25, 0.3) is 0 Å². The SMILES string of the molecule is CCCC[C@@H]1[C@@H](C(=O)O)C1(C)C. The molecule has 0 aromatic carbocycles. The third-order valence-electron chi connectivity index (χ3n) is 3.19. The Hall–Kier alpha value is -0.530. The van der Waals surface area contributed by atoms with Gasteiger partial charge in [-0.3, -0.25) is 4.79 Å². The van der Waals surface area contributed by atoms with E-state index in [9.17, 15) is 4.79 Å². The Balaban J connectivity index is 2.43. The highest BCUT2D eigenvalue weighted by Gasteiger charge is 2.61. The predicted molar refractivity (Wildman–Crippen MR) is 47.9 cm³/mol. The number of hydrogen-bond acceptors (Lipinski definition) is 1. The second kappa shape index (κ2) is 3.08. The average molecular weight is 170 g/mol. The number of aliphatic carboxylic acids is 1. The molecule has 1 rings (SSSR count). The molecule has 1 aliphatic rings. The molecule has 70 valence electrons. The highest BCUT2D eigenvalue weighted by atomic mass is 16.4. The summed E-state index contributed by atoms with van der Waals surface area (Å²) in [5.74, 6) is -0.264. The summed E-state index contributed by atoms with van der Waals surface area (Å²) in [6.07, 6.45) is 3.41. The topological polar surface area (TPSA) is 37.3 Å². The predicted octanol–water partition coefficient (Wildman–Crippen LogP) is 2.53. The summed E-state index contributed by atoms with van der Waals surface area (Å²) >= 11 is 0. The highest BCUT2D eigenvalue weighted by molar-refractivity contribution is 5.75. The minimum Gasteiger partial charge on any atom is -0.481 e. The maximum Gasteiger partial charge on any atom is 0.307 e. The number of rotatable bonds is 4. The summed E-state index contributed by atoms with van der Waals surface area (Å²) in [5.41, 5.74) is 0.0566. The zero-order valence-corrected chi connectivity index (χ0v) is 8.13. The van der Waals surface area contributed by atoms with E-state index in [2.05, 4.69) is 20.8 Å². The molecule has 0 radical (unpaired) electrons.